The van der Waals surface area contributed by atoms with Crippen molar-refractivity contribution in [2.24, 2.45) is 0 Å². The van der Waals surface area contributed by atoms with Crippen molar-refractivity contribution < 1.29 is 69.5 Å². The van der Waals surface area contributed by atoms with Gasteiger partial charge in [-0.25, -0.2) is 8.42 Å². The minimum Gasteiger partial charge on any atom is -0.748 e. The Labute approximate surface area is 180 Å². The number of aliphatic hydroxyl groups is 1. The second-order valence-corrected chi connectivity index (χ2v) is 7.71. The van der Waals surface area contributed by atoms with Crippen LogP contribution in [0.25, 0.3) is 0 Å². The topological polar surface area (TPSA) is 77.4 Å². The predicted molar refractivity (Wildman–Crippen MR) is 86.2 cm³/mol. The molecule has 0 bridgehead atoms. The molecule has 1 N–H and O–H groups in total. The third kappa shape index (κ3) is 15.1. The van der Waals surface area contributed by atoms with Gasteiger partial charge in [-0.05, 0) is 19.3 Å². The molecule has 2 unspecified atom stereocenters. The molecular formula is C16H33KO4S. The van der Waals surface area contributed by atoms with E-state index in [0.717, 1.165) is 32.1 Å². The molecule has 22 heavy (non-hydrogen) atoms. The van der Waals surface area contributed by atoms with Crippen LogP contribution in [0.15, 0.2) is 0 Å². The van der Waals surface area contributed by atoms with Crippen LogP contribution >= 0.6 is 0 Å². The molecule has 128 valence electrons. The molecule has 0 aromatic heterocycles. The largest absolute Gasteiger partial charge is 1.00 e. The Bertz CT molecular complexity index is 333. The summed E-state index contributed by atoms with van der Waals surface area (Å²) in [5.74, 6) is 0. The zero-order valence-electron chi connectivity index (χ0n) is 14.7. The Morgan fingerprint density at radius 3 is 1.86 bits per heavy atom. The third-order valence-corrected chi connectivity index (χ3v) is 5.21. The average molecular weight is 361 g/mol. The molecule has 0 radical (unpaired) electrons. The van der Waals surface area contributed by atoms with Crippen LogP contribution < -0.4 is 51.4 Å². The van der Waals surface area contributed by atoms with Crippen molar-refractivity contribution in [2.45, 2.75) is 102 Å². The van der Waals surface area contributed by atoms with Crippen LogP contribution in [0.5, 0.6) is 0 Å². The number of unbranched alkanes of at least 4 members (excludes halogenated alkanes) is 7. The van der Waals surface area contributed by atoms with Gasteiger partial charge in [0.25, 0.3) is 0 Å². The van der Waals surface area contributed by atoms with Gasteiger partial charge >= 0.3 is 51.4 Å². The van der Waals surface area contributed by atoms with Crippen molar-refractivity contribution in [1.29, 1.82) is 0 Å². The summed E-state index contributed by atoms with van der Waals surface area (Å²) < 4.78 is 33.8. The van der Waals surface area contributed by atoms with Crippen LogP contribution in [0.3, 0.4) is 0 Å². The van der Waals surface area contributed by atoms with E-state index in [2.05, 4.69) is 6.92 Å². The molecule has 0 saturated heterocycles. The maximum atomic E-state index is 11.3. The molecule has 2 atom stereocenters. The molecule has 0 aliphatic heterocycles. The molecule has 0 aliphatic carbocycles. The van der Waals surface area contributed by atoms with Crippen molar-refractivity contribution in [3.8, 4) is 0 Å². The number of rotatable bonds is 14. The Hall–Kier alpha value is 1.51. The zero-order valence-corrected chi connectivity index (χ0v) is 18.7. The summed E-state index contributed by atoms with van der Waals surface area (Å²) in [5, 5.41) is 8.89. The van der Waals surface area contributed by atoms with Crippen molar-refractivity contribution in [3.63, 3.8) is 0 Å². The summed E-state index contributed by atoms with van der Waals surface area (Å²) in [6.45, 7) is 4.20. The Kier molecular flexibility index (Phi) is 18.7. The number of hydrogen-bond acceptors (Lipinski definition) is 4. The first-order valence-electron chi connectivity index (χ1n) is 8.54. The molecule has 0 rings (SSSR count). The molecule has 6 heteroatoms. The van der Waals surface area contributed by atoms with E-state index < -0.39 is 21.5 Å². The molecule has 0 spiro atoms. The summed E-state index contributed by atoms with van der Waals surface area (Å²) in [6, 6.07) is 0. The summed E-state index contributed by atoms with van der Waals surface area (Å²) in [7, 11) is -4.30. The van der Waals surface area contributed by atoms with Crippen LogP contribution in [-0.2, 0) is 10.1 Å². The Morgan fingerprint density at radius 1 is 0.864 bits per heavy atom. The van der Waals surface area contributed by atoms with Gasteiger partial charge in [-0.2, -0.15) is 0 Å². The van der Waals surface area contributed by atoms with Gasteiger partial charge in [-0.3, -0.25) is 0 Å². The fourth-order valence-electron chi connectivity index (χ4n) is 2.57. The van der Waals surface area contributed by atoms with Gasteiger partial charge in [-0.15, -0.1) is 0 Å². The van der Waals surface area contributed by atoms with Crippen molar-refractivity contribution in [1.82, 2.24) is 0 Å². The van der Waals surface area contributed by atoms with Gasteiger partial charge < -0.3 is 9.66 Å². The van der Waals surface area contributed by atoms with E-state index >= 15 is 0 Å². The van der Waals surface area contributed by atoms with Crippen molar-refractivity contribution in [2.75, 3.05) is 0 Å². The van der Waals surface area contributed by atoms with Crippen LogP contribution in [-0.4, -0.2) is 29.4 Å². The molecule has 0 aliphatic rings. The van der Waals surface area contributed by atoms with E-state index in [0.29, 0.717) is 12.8 Å². The number of aliphatic hydroxyl groups excluding tert-OH is 1. The van der Waals surface area contributed by atoms with Gasteiger partial charge in [0.2, 0.25) is 0 Å². The third-order valence-electron chi connectivity index (χ3n) is 3.96. The summed E-state index contributed by atoms with van der Waals surface area (Å²) in [4.78, 5) is 0. The van der Waals surface area contributed by atoms with E-state index in [1.165, 1.54) is 25.7 Å². The molecule has 0 fully saturated rings. The average Bonchev–Trinajstić information content (AvgIpc) is 2.41. The summed E-state index contributed by atoms with van der Waals surface area (Å²) in [6.07, 6.45) is 9.95. The van der Waals surface area contributed by atoms with Gasteiger partial charge in [-0.1, -0.05) is 71.6 Å². The first kappa shape index (κ1) is 25.7. The Morgan fingerprint density at radius 2 is 1.36 bits per heavy atom. The van der Waals surface area contributed by atoms with Crippen LogP contribution in [0.1, 0.15) is 90.9 Å². The smallest absolute Gasteiger partial charge is 0.748 e. The van der Waals surface area contributed by atoms with E-state index in [1.807, 2.05) is 6.92 Å². The molecule has 0 saturated carbocycles. The summed E-state index contributed by atoms with van der Waals surface area (Å²) in [5.41, 5.74) is 0. The minimum atomic E-state index is -4.30. The maximum absolute atomic E-state index is 11.3. The van der Waals surface area contributed by atoms with E-state index in [4.69, 9.17) is 0 Å². The molecule has 4 nitrogen and oxygen atoms in total. The first-order valence-corrected chi connectivity index (χ1v) is 10.0. The van der Waals surface area contributed by atoms with Crippen LogP contribution in [0.2, 0.25) is 0 Å². The van der Waals surface area contributed by atoms with E-state index in [-0.39, 0.29) is 57.8 Å². The standard InChI is InChI=1S/C16H34O4S.K/c1-3-5-7-8-9-10-11-13-16(21(18,19)20)14-15(17)12-6-4-2;/h15-17H,3-14H2,1-2H3,(H,18,19,20);/q;+1/p-1. The second kappa shape index (κ2) is 16.0. The molecule has 0 heterocycles. The molecule has 0 amide bonds. The van der Waals surface area contributed by atoms with Gasteiger partial charge in [0, 0.05) is 0 Å². The molecule has 0 aromatic carbocycles. The molecule has 0 aromatic rings. The summed E-state index contributed by atoms with van der Waals surface area (Å²) >= 11 is 0. The monoisotopic (exact) mass is 360 g/mol. The van der Waals surface area contributed by atoms with E-state index in [1.54, 1.807) is 0 Å². The maximum Gasteiger partial charge on any atom is 1.00 e. The van der Waals surface area contributed by atoms with E-state index in [9.17, 15) is 18.1 Å². The zero-order chi connectivity index (χ0) is 16.1. The fraction of sp³-hybridized carbons (Fsp3) is 1.00. The minimum absolute atomic E-state index is 0. The first-order chi connectivity index (χ1) is 9.91. The van der Waals surface area contributed by atoms with Gasteiger partial charge in [0.15, 0.2) is 0 Å². The molecular weight excluding hydrogens is 327 g/mol. The quantitative estimate of drug-likeness (QED) is 0.285. The van der Waals surface area contributed by atoms with Crippen LogP contribution in [0, 0.1) is 0 Å². The van der Waals surface area contributed by atoms with Gasteiger partial charge in [0.05, 0.1) is 21.5 Å². The van der Waals surface area contributed by atoms with Crippen molar-refractivity contribution >= 4 is 10.1 Å². The van der Waals surface area contributed by atoms with Gasteiger partial charge in [0.1, 0.15) is 0 Å². The number of hydrogen-bond donors (Lipinski definition) is 1. The SMILES string of the molecule is CCCCCCCCCC(CC(O)CCCC)S(=O)(=O)[O-].[K+]. The second-order valence-electron chi connectivity index (χ2n) is 6.06. The van der Waals surface area contributed by atoms with Crippen molar-refractivity contribution in [3.05, 3.63) is 0 Å². The van der Waals surface area contributed by atoms with Crippen LogP contribution in [0.4, 0.5) is 0 Å². The predicted octanol–water partition coefficient (Wildman–Crippen LogP) is 0.986. The normalized spacial score (nSPS) is 14.4. The Balaban J connectivity index is 0. The fourth-order valence-corrected chi connectivity index (χ4v) is 3.48.